The predicted molar refractivity (Wildman–Crippen MR) is 102 cm³/mol. The molecule has 1 aliphatic carbocycles. The molecule has 3 rings (SSSR count). The fourth-order valence-electron chi connectivity index (χ4n) is 3.24. The van der Waals surface area contributed by atoms with Gasteiger partial charge in [-0.05, 0) is 50.3 Å². The van der Waals surface area contributed by atoms with Gasteiger partial charge in [0.1, 0.15) is 10.6 Å². The lowest BCUT2D eigenvalue weighted by Gasteiger charge is -2.50. The van der Waals surface area contributed by atoms with E-state index in [4.69, 9.17) is 4.74 Å². The number of ether oxygens (including phenoxy) is 1. The monoisotopic (exact) mass is 385 g/mol. The van der Waals surface area contributed by atoms with Crippen LogP contribution in [0.5, 0.6) is 5.75 Å². The average Bonchev–Trinajstić information content (AvgIpc) is 3.21. The lowest BCUT2D eigenvalue weighted by atomic mass is 9.74. The molecule has 0 amide bonds. The Labute approximate surface area is 156 Å². The topological polar surface area (TPSA) is 12.5 Å². The van der Waals surface area contributed by atoms with Crippen molar-refractivity contribution in [3.05, 3.63) is 23.1 Å². The number of fused-ring (bicyclic) bond motifs is 1. The van der Waals surface area contributed by atoms with Crippen LogP contribution in [0.1, 0.15) is 52.3 Å². The number of hydrogen-bond donors (Lipinski definition) is 0. The summed E-state index contributed by atoms with van der Waals surface area (Å²) >= 11 is 0.761. The van der Waals surface area contributed by atoms with Crippen molar-refractivity contribution in [3.8, 4) is 5.75 Å². The number of methoxy groups -OCH3 is 1. The second-order valence-corrected chi connectivity index (χ2v) is 9.60. The molecule has 0 bridgehead atoms. The summed E-state index contributed by atoms with van der Waals surface area (Å²) in [7, 11) is 1.50. The van der Waals surface area contributed by atoms with Crippen LogP contribution in [0.4, 0.5) is 18.9 Å². The van der Waals surface area contributed by atoms with E-state index in [9.17, 15) is 13.2 Å². The molecule has 0 saturated heterocycles. The highest BCUT2D eigenvalue weighted by atomic mass is 32.1. The Balaban J connectivity index is 2.24. The second-order valence-electron chi connectivity index (χ2n) is 8.55. The number of rotatable bonds is 4. The molecule has 1 fully saturated rings. The van der Waals surface area contributed by atoms with Crippen LogP contribution in [0.2, 0.25) is 0 Å². The molecule has 26 heavy (non-hydrogen) atoms. The van der Waals surface area contributed by atoms with Gasteiger partial charge in [-0.3, -0.25) is 0 Å². The molecule has 2 aromatic rings. The molecule has 1 heterocycles. The van der Waals surface area contributed by atoms with Gasteiger partial charge in [-0.1, -0.05) is 20.8 Å². The maximum absolute atomic E-state index is 13.3. The fourth-order valence-corrected chi connectivity index (χ4v) is 4.28. The number of thiophene rings is 1. The third kappa shape index (κ3) is 3.17. The fraction of sp³-hybridized carbons (Fsp3) is 0.600. The summed E-state index contributed by atoms with van der Waals surface area (Å²) in [6.07, 6.45) is -2.21. The van der Waals surface area contributed by atoms with Crippen molar-refractivity contribution < 1.29 is 17.9 Å². The molecule has 2 nitrogen and oxygen atoms in total. The Hall–Kier alpha value is -1.43. The van der Waals surface area contributed by atoms with Gasteiger partial charge in [0.15, 0.2) is 0 Å². The molecule has 0 unspecified atom stereocenters. The van der Waals surface area contributed by atoms with Crippen molar-refractivity contribution in [2.75, 3.05) is 12.0 Å². The van der Waals surface area contributed by atoms with E-state index >= 15 is 0 Å². The molecule has 1 aromatic heterocycles. The lowest BCUT2D eigenvalue weighted by Crippen LogP contribution is -2.54. The minimum absolute atomic E-state index is 0.0370. The molecule has 0 aliphatic heterocycles. The van der Waals surface area contributed by atoms with Crippen LogP contribution in [-0.4, -0.2) is 18.7 Å². The average molecular weight is 385 g/mol. The van der Waals surface area contributed by atoms with E-state index in [-0.39, 0.29) is 11.0 Å². The van der Waals surface area contributed by atoms with Crippen LogP contribution < -0.4 is 9.64 Å². The lowest BCUT2D eigenvalue weighted by molar-refractivity contribution is -0.134. The first-order chi connectivity index (χ1) is 11.9. The van der Waals surface area contributed by atoms with E-state index in [1.54, 1.807) is 6.07 Å². The van der Waals surface area contributed by atoms with Gasteiger partial charge < -0.3 is 9.64 Å². The smallest absolute Gasteiger partial charge is 0.425 e. The van der Waals surface area contributed by atoms with Crippen molar-refractivity contribution in [2.45, 2.75) is 65.2 Å². The van der Waals surface area contributed by atoms with Gasteiger partial charge in [0.25, 0.3) is 0 Å². The van der Waals surface area contributed by atoms with Gasteiger partial charge in [-0.15, -0.1) is 11.3 Å². The van der Waals surface area contributed by atoms with Gasteiger partial charge >= 0.3 is 6.18 Å². The van der Waals surface area contributed by atoms with E-state index in [0.717, 1.165) is 29.9 Å². The number of alkyl halides is 3. The highest BCUT2D eigenvalue weighted by molar-refractivity contribution is 7.19. The number of nitrogens with zero attached hydrogens (tertiary/aromatic N) is 1. The highest BCUT2D eigenvalue weighted by Crippen LogP contribution is 2.50. The zero-order valence-electron chi connectivity index (χ0n) is 16.1. The molecular formula is C20H26F3NOS. The molecular weight excluding hydrogens is 359 g/mol. The molecule has 1 aromatic carbocycles. The quantitative estimate of drug-likeness (QED) is 0.579. The van der Waals surface area contributed by atoms with E-state index in [1.807, 2.05) is 6.07 Å². The molecule has 0 N–H and O–H groups in total. The van der Waals surface area contributed by atoms with Crippen LogP contribution >= 0.6 is 11.3 Å². The minimum Gasteiger partial charge on any atom is -0.495 e. The summed E-state index contributed by atoms with van der Waals surface area (Å²) in [5.74, 6) is 0.494. The summed E-state index contributed by atoms with van der Waals surface area (Å²) in [5, 5.41) is 0.630. The Bertz CT molecular complexity index is 813. The van der Waals surface area contributed by atoms with Gasteiger partial charge in [0.05, 0.1) is 11.8 Å². The van der Waals surface area contributed by atoms with Crippen LogP contribution in [-0.2, 0) is 6.18 Å². The SMILES string of the molecule is COc1ccc(N(C2CC2)C(C)(C)C(C)(C)C)c2cc(C(F)(F)F)sc12. The van der Waals surface area contributed by atoms with Gasteiger partial charge in [0.2, 0.25) is 0 Å². The summed E-state index contributed by atoms with van der Waals surface area (Å²) in [4.78, 5) is 1.75. The van der Waals surface area contributed by atoms with Gasteiger partial charge in [0, 0.05) is 22.7 Å². The normalized spacial score (nSPS) is 16.2. The first-order valence-corrected chi connectivity index (χ1v) is 9.66. The summed E-state index contributed by atoms with van der Waals surface area (Å²) in [6.45, 7) is 10.9. The Morgan fingerprint density at radius 3 is 2.15 bits per heavy atom. The summed E-state index contributed by atoms with van der Waals surface area (Å²) in [5.41, 5.74) is 0.621. The number of hydrogen-bond acceptors (Lipinski definition) is 3. The Kier molecular flexibility index (Phi) is 4.49. The van der Waals surface area contributed by atoms with Gasteiger partial charge in [-0.25, -0.2) is 0 Å². The van der Waals surface area contributed by atoms with E-state index in [2.05, 4.69) is 39.5 Å². The predicted octanol–water partition coefficient (Wildman–Crippen LogP) is 6.72. The van der Waals surface area contributed by atoms with Crippen LogP contribution in [0.15, 0.2) is 18.2 Å². The molecule has 1 saturated carbocycles. The molecule has 0 radical (unpaired) electrons. The maximum atomic E-state index is 13.3. The molecule has 0 spiro atoms. The summed E-state index contributed by atoms with van der Waals surface area (Å²) < 4.78 is 45.9. The molecule has 144 valence electrons. The molecule has 0 atom stereocenters. The summed E-state index contributed by atoms with van der Waals surface area (Å²) in [6, 6.07) is 5.36. The minimum atomic E-state index is -4.35. The zero-order valence-corrected chi connectivity index (χ0v) is 16.9. The Morgan fingerprint density at radius 2 is 1.69 bits per heavy atom. The second kappa shape index (κ2) is 6.04. The van der Waals surface area contributed by atoms with Crippen LogP contribution in [0.3, 0.4) is 0 Å². The molecule has 1 aliphatic rings. The first kappa shape index (κ1) is 19.3. The van der Waals surface area contributed by atoms with Gasteiger partial charge in [-0.2, -0.15) is 13.2 Å². The van der Waals surface area contributed by atoms with Crippen LogP contribution in [0.25, 0.3) is 10.1 Å². The largest absolute Gasteiger partial charge is 0.495 e. The number of benzene rings is 1. The van der Waals surface area contributed by atoms with Crippen molar-refractivity contribution >= 4 is 27.1 Å². The third-order valence-corrected chi connectivity index (χ3v) is 6.93. The van der Waals surface area contributed by atoms with Crippen molar-refractivity contribution in [2.24, 2.45) is 5.41 Å². The van der Waals surface area contributed by atoms with Crippen molar-refractivity contribution in [1.82, 2.24) is 0 Å². The van der Waals surface area contributed by atoms with E-state index in [0.29, 0.717) is 21.9 Å². The standard InChI is InChI=1S/C20H26F3NOS/c1-18(2,3)19(4,5)24(12-7-8-12)14-9-10-15(25-6)17-13(14)11-16(26-17)20(21,22)23/h9-12H,7-8H2,1-6H3. The zero-order chi connectivity index (χ0) is 19.5. The number of halogens is 3. The molecule has 6 heteroatoms. The van der Waals surface area contributed by atoms with Crippen LogP contribution in [0, 0.1) is 5.41 Å². The highest BCUT2D eigenvalue weighted by Gasteiger charge is 2.46. The van der Waals surface area contributed by atoms with E-state index in [1.165, 1.54) is 13.2 Å². The maximum Gasteiger partial charge on any atom is 0.425 e. The van der Waals surface area contributed by atoms with Crippen molar-refractivity contribution in [3.63, 3.8) is 0 Å². The first-order valence-electron chi connectivity index (χ1n) is 8.85. The third-order valence-electron chi connectivity index (χ3n) is 5.73. The number of anilines is 1. The van der Waals surface area contributed by atoms with Crippen molar-refractivity contribution in [1.29, 1.82) is 0 Å². The van der Waals surface area contributed by atoms with E-state index < -0.39 is 11.1 Å². The Morgan fingerprint density at radius 1 is 1.08 bits per heavy atom.